The first-order chi connectivity index (χ1) is 12.5. The lowest BCUT2D eigenvalue weighted by molar-refractivity contribution is 0.500. The summed E-state index contributed by atoms with van der Waals surface area (Å²) in [5.74, 6) is 1.37. The summed E-state index contributed by atoms with van der Waals surface area (Å²) in [5.41, 5.74) is 0. The predicted molar refractivity (Wildman–Crippen MR) is 99.9 cm³/mol. The molecule has 0 radical (unpaired) electrons. The quantitative estimate of drug-likeness (QED) is 0.455. The number of rotatable bonds is 6. The summed E-state index contributed by atoms with van der Waals surface area (Å²) < 4.78 is 38.9. The van der Waals surface area contributed by atoms with E-state index < -0.39 is 10.0 Å². The van der Waals surface area contributed by atoms with Crippen LogP contribution in [0, 0.1) is 0 Å². The lowest BCUT2D eigenvalue weighted by Crippen LogP contribution is -2.40. The highest BCUT2D eigenvalue weighted by Crippen LogP contribution is 2.14. The average Bonchev–Trinajstić information content (AvgIpc) is 3.31. The van der Waals surface area contributed by atoms with Gasteiger partial charge in [-0.25, -0.2) is 18.1 Å². The summed E-state index contributed by atoms with van der Waals surface area (Å²) in [4.78, 5) is 4.40. The standard InChI is InChI=1S/C17H16BrN3O4S/c18-13-5-7-16(8-6-13)26(22,23)21-17(19-11-14-3-1-9-24-14)20-12-15-4-2-10-25-15/h1-10H,11-12H2,(H2,19,20,21). The Labute approximate surface area is 159 Å². The molecule has 0 bridgehead atoms. The van der Waals surface area contributed by atoms with Gasteiger partial charge in [0, 0.05) is 4.47 Å². The molecule has 0 saturated carbocycles. The van der Waals surface area contributed by atoms with Crippen molar-refractivity contribution in [2.75, 3.05) is 0 Å². The van der Waals surface area contributed by atoms with Crippen molar-refractivity contribution in [2.24, 2.45) is 4.99 Å². The highest BCUT2D eigenvalue weighted by Gasteiger charge is 2.16. The fourth-order valence-electron chi connectivity index (χ4n) is 2.07. The second kappa shape index (κ2) is 8.24. The van der Waals surface area contributed by atoms with Gasteiger partial charge in [0.25, 0.3) is 10.0 Å². The molecule has 0 unspecified atom stereocenters. The van der Waals surface area contributed by atoms with Gasteiger partial charge in [0.05, 0.1) is 24.0 Å². The molecule has 0 aliphatic heterocycles. The van der Waals surface area contributed by atoms with Crippen molar-refractivity contribution in [1.29, 1.82) is 0 Å². The maximum Gasteiger partial charge on any atom is 0.264 e. The summed E-state index contributed by atoms with van der Waals surface area (Å²) in [6.07, 6.45) is 3.08. The summed E-state index contributed by atoms with van der Waals surface area (Å²) >= 11 is 3.28. The van der Waals surface area contributed by atoms with Crippen LogP contribution in [0.4, 0.5) is 0 Å². The molecule has 136 valence electrons. The summed E-state index contributed by atoms with van der Waals surface area (Å²) in [7, 11) is -3.78. The van der Waals surface area contributed by atoms with E-state index in [0.29, 0.717) is 11.5 Å². The highest BCUT2D eigenvalue weighted by molar-refractivity contribution is 9.10. The van der Waals surface area contributed by atoms with Crippen LogP contribution in [0.1, 0.15) is 11.5 Å². The van der Waals surface area contributed by atoms with Crippen molar-refractivity contribution < 1.29 is 17.3 Å². The first-order valence-corrected chi connectivity index (χ1v) is 9.92. The van der Waals surface area contributed by atoms with Crippen LogP contribution < -0.4 is 10.0 Å². The van der Waals surface area contributed by atoms with Crippen LogP contribution in [-0.2, 0) is 23.1 Å². The summed E-state index contributed by atoms with van der Waals surface area (Å²) in [6.45, 7) is 0.475. The molecule has 2 aromatic heterocycles. The Morgan fingerprint density at radius 2 is 1.65 bits per heavy atom. The van der Waals surface area contributed by atoms with E-state index in [0.717, 1.165) is 4.47 Å². The molecular formula is C17H16BrN3O4S. The number of aliphatic imine (C=N–C) groups is 1. The zero-order valence-corrected chi connectivity index (χ0v) is 16.0. The number of furan rings is 2. The van der Waals surface area contributed by atoms with Crippen LogP contribution in [0.5, 0.6) is 0 Å². The molecule has 3 rings (SSSR count). The summed E-state index contributed by atoms with van der Waals surface area (Å²) in [5, 5.41) is 2.94. The Hall–Kier alpha value is -2.52. The van der Waals surface area contributed by atoms with Gasteiger partial charge in [-0.15, -0.1) is 0 Å². The minimum absolute atomic E-state index is 0.0979. The fourth-order valence-corrected chi connectivity index (χ4v) is 3.34. The topological polar surface area (TPSA) is 96.8 Å². The van der Waals surface area contributed by atoms with Gasteiger partial charge in [-0.2, -0.15) is 0 Å². The molecule has 9 heteroatoms. The van der Waals surface area contributed by atoms with Gasteiger partial charge in [0.1, 0.15) is 18.1 Å². The molecule has 0 amide bonds. The number of halogens is 1. The SMILES string of the molecule is O=S(=O)(NC(=NCc1ccco1)NCc1ccco1)c1ccc(Br)cc1. The number of nitrogens with one attached hydrogen (secondary N) is 2. The zero-order chi connectivity index (χ0) is 18.4. The first-order valence-electron chi connectivity index (χ1n) is 7.64. The van der Waals surface area contributed by atoms with Gasteiger partial charge < -0.3 is 14.2 Å². The van der Waals surface area contributed by atoms with Crippen LogP contribution in [0.15, 0.2) is 84.3 Å². The van der Waals surface area contributed by atoms with Crippen molar-refractivity contribution in [3.8, 4) is 0 Å². The maximum absolute atomic E-state index is 12.6. The van der Waals surface area contributed by atoms with E-state index in [1.807, 2.05) is 0 Å². The fraction of sp³-hybridized carbons (Fsp3) is 0.118. The van der Waals surface area contributed by atoms with Gasteiger partial charge in [-0.05, 0) is 48.5 Å². The van der Waals surface area contributed by atoms with E-state index in [9.17, 15) is 8.42 Å². The molecule has 0 saturated heterocycles. The molecule has 0 spiro atoms. The monoisotopic (exact) mass is 437 g/mol. The number of benzene rings is 1. The van der Waals surface area contributed by atoms with Gasteiger partial charge in [0.2, 0.25) is 5.96 Å². The van der Waals surface area contributed by atoms with Crippen molar-refractivity contribution in [3.05, 3.63) is 77.1 Å². The smallest absolute Gasteiger partial charge is 0.264 e. The third-order valence-corrected chi connectivity index (χ3v) is 5.22. The number of guanidine groups is 1. The molecule has 0 fully saturated rings. The Balaban J connectivity index is 1.77. The Morgan fingerprint density at radius 3 is 2.27 bits per heavy atom. The number of hydrogen-bond donors (Lipinski definition) is 2. The van der Waals surface area contributed by atoms with E-state index in [2.05, 4.69) is 31.0 Å². The number of sulfonamides is 1. The van der Waals surface area contributed by atoms with Crippen LogP contribution in [0.2, 0.25) is 0 Å². The predicted octanol–water partition coefficient (Wildman–Crippen LogP) is 3.26. The minimum atomic E-state index is -3.78. The minimum Gasteiger partial charge on any atom is -0.467 e. The molecule has 2 N–H and O–H groups in total. The van der Waals surface area contributed by atoms with Crippen LogP contribution in [-0.4, -0.2) is 14.4 Å². The van der Waals surface area contributed by atoms with Crippen LogP contribution in [0.25, 0.3) is 0 Å². The largest absolute Gasteiger partial charge is 0.467 e. The Kier molecular flexibility index (Phi) is 5.79. The number of nitrogens with zero attached hydrogens (tertiary/aromatic N) is 1. The van der Waals surface area contributed by atoms with Gasteiger partial charge in [-0.3, -0.25) is 0 Å². The highest BCUT2D eigenvalue weighted by atomic mass is 79.9. The molecule has 7 nitrogen and oxygen atoms in total. The van der Waals surface area contributed by atoms with E-state index in [1.165, 1.54) is 18.4 Å². The van der Waals surface area contributed by atoms with Gasteiger partial charge in [-0.1, -0.05) is 15.9 Å². The summed E-state index contributed by atoms with van der Waals surface area (Å²) in [6, 6.07) is 13.4. The van der Waals surface area contributed by atoms with Crippen molar-refractivity contribution in [3.63, 3.8) is 0 Å². The second-order valence-corrected chi connectivity index (χ2v) is 7.83. The third-order valence-electron chi connectivity index (χ3n) is 3.34. The lowest BCUT2D eigenvalue weighted by atomic mass is 10.4. The van der Waals surface area contributed by atoms with E-state index >= 15 is 0 Å². The molecule has 26 heavy (non-hydrogen) atoms. The maximum atomic E-state index is 12.6. The van der Waals surface area contributed by atoms with Crippen molar-refractivity contribution in [2.45, 2.75) is 18.0 Å². The van der Waals surface area contributed by atoms with E-state index in [4.69, 9.17) is 8.83 Å². The zero-order valence-electron chi connectivity index (χ0n) is 13.6. The molecule has 1 aromatic carbocycles. The molecule has 2 heterocycles. The average molecular weight is 438 g/mol. The Morgan fingerprint density at radius 1 is 1.00 bits per heavy atom. The first kappa shape index (κ1) is 18.3. The van der Waals surface area contributed by atoms with Crippen molar-refractivity contribution in [1.82, 2.24) is 10.0 Å². The van der Waals surface area contributed by atoms with Gasteiger partial charge >= 0.3 is 0 Å². The normalized spacial score (nSPS) is 12.1. The van der Waals surface area contributed by atoms with Crippen LogP contribution in [0.3, 0.4) is 0 Å². The van der Waals surface area contributed by atoms with Gasteiger partial charge in [0.15, 0.2) is 0 Å². The third kappa shape index (κ3) is 4.99. The second-order valence-electron chi connectivity index (χ2n) is 5.24. The molecular weight excluding hydrogens is 422 g/mol. The molecule has 0 aliphatic carbocycles. The van der Waals surface area contributed by atoms with Crippen LogP contribution >= 0.6 is 15.9 Å². The molecule has 0 aliphatic rings. The molecule has 3 aromatic rings. The molecule has 0 atom stereocenters. The van der Waals surface area contributed by atoms with Crippen molar-refractivity contribution >= 4 is 31.9 Å². The Bertz CT molecular complexity index is 950. The van der Waals surface area contributed by atoms with E-state index in [1.54, 1.807) is 42.7 Å². The lowest BCUT2D eigenvalue weighted by Gasteiger charge is -2.12. The number of hydrogen-bond acceptors (Lipinski definition) is 5. The van der Waals surface area contributed by atoms with E-state index in [-0.39, 0.29) is 23.9 Å².